The Hall–Kier alpha value is -1.84. The van der Waals surface area contributed by atoms with Crippen LogP contribution in [-0.4, -0.2) is 24.6 Å². The summed E-state index contributed by atoms with van der Waals surface area (Å²) in [5.74, 6) is -0.321. The van der Waals surface area contributed by atoms with Crippen LogP contribution in [0.15, 0.2) is 30.3 Å². The van der Waals surface area contributed by atoms with Gasteiger partial charge in [-0.25, -0.2) is 0 Å². The van der Waals surface area contributed by atoms with Crippen LogP contribution in [0.1, 0.15) is 51.0 Å². The van der Waals surface area contributed by atoms with E-state index in [-0.39, 0.29) is 24.0 Å². The minimum atomic E-state index is -0.159. The second kappa shape index (κ2) is 9.33. The molecule has 0 unspecified atom stereocenters. The molecule has 1 aromatic carbocycles. The molecule has 2 rings (SSSR count). The molecule has 0 bridgehead atoms. The fourth-order valence-electron chi connectivity index (χ4n) is 2.80. The molecule has 0 amide bonds. The van der Waals surface area contributed by atoms with Crippen molar-refractivity contribution in [1.29, 1.82) is 0 Å². The number of rotatable bonds is 10. The number of benzene rings is 1. The van der Waals surface area contributed by atoms with E-state index < -0.39 is 0 Å². The van der Waals surface area contributed by atoms with E-state index in [9.17, 15) is 9.59 Å². The summed E-state index contributed by atoms with van der Waals surface area (Å²) in [6.45, 7) is 2.38. The molecule has 1 aliphatic rings. The van der Waals surface area contributed by atoms with E-state index in [2.05, 4.69) is 24.3 Å². The summed E-state index contributed by atoms with van der Waals surface area (Å²) in [6.07, 6.45) is 5.96. The van der Waals surface area contributed by atoms with Crippen molar-refractivity contribution < 1.29 is 19.1 Å². The normalized spacial score (nSPS) is 19.8. The molecule has 23 heavy (non-hydrogen) atoms. The Bertz CT molecular complexity index is 497. The summed E-state index contributed by atoms with van der Waals surface area (Å²) in [5.41, 5.74) is 1.35. The molecule has 1 aromatic rings. The number of carbonyl (C=O) groups is 2. The molecule has 4 nitrogen and oxygen atoms in total. The lowest BCUT2D eigenvalue weighted by atomic mass is 9.92. The van der Waals surface area contributed by atoms with Crippen molar-refractivity contribution in [2.45, 2.75) is 58.0 Å². The molecule has 4 heteroatoms. The molecule has 0 spiro atoms. The topological polar surface area (TPSA) is 52.6 Å². The second-order valence-electron chi connectivity index (χ2n) is 6.16. The molecule has 0 saturated carbocycles. The molecule has 1 heterocycles. The van der Waals surface area contributed by atoms with Gasteiger partial charge in [0.15, 0.2) is 0 Å². The Labute approximate surface area is 138 Å². The average Bonchev–Trinajstić information content (AvgIpc) is 2.55. The summed E-state index contributed by atoms with van der Waals surface area (Å²) in [6, 6.07) is 10.4. The van der Waals surface area contributed by atoms with Crippen molar-refractivity contribution in [2.24, 2.45) is 5.92 Å². The summed E-state index contributed by atoms with van der Waals surface area (Å²) in [7, 11) is 0. The first-order valence-electron chi connectivity index (χ1n) is 8.57. The van der Waals surface area contributed by atoms with Crippen molar-refractivity contribution in [3.8, 4) is 0 Å². The van der Waals surface area contributed by atoms with Gasteiger partial charge in [0.1, 0.15) is 6.10 Å². The lowest BCUT2D eigenvalue weighted by Crippen LogP contribution is -2.42. The van der Waals surface area contributed by atoms with Gasteiger partial charge in [-0.3, -0.25) is 9.59 Å². The molecule has 0 N–H and O–H groups in total. The predicted octanol–water partition coefficient (Wildman–Crippen LogP) is 3.67. The molecular weight excluding hydrogens is 292 g/mol. The van der Waals surface area contributed by atoms with E-state index in [4.69, 9.17) is 9.47 Å². The maximum atomic E-state index is 11.6. The van der Waals surface area contributed by atoms with Crippen LogP contribution in [0.25, 0.3) is 0 Å². The lowest BCUT2D eigenvalue weighted by Gasteiger charge is -2.32. The molecule has 1 fully saturated rings. The molecular formula is C19H26O4. The zero-order valence-electron chi connectivity index (χ0n) is 13.8. The van der Waals surface area contributed by atoms with Gasteiger partial charge in [0.25, 0.3) is 0 Å². The maximum Gasteiger partial charge on any atom is 0.312 e. The Morgan fingerprint density at radius 3 is 2.61 bits per heavy atom. The van der Waals surface area contributed by atoms with Crippen molar-refractivity contribution >= 4 is 11.9 Å². The van der Waals surface area contributed by atoms with Crippen molar-refractivity contribution in [3.63, 3.8) is 0 Å². The zero-order valence-corrected chi connectivity index (χ0v) is 13.8. The zero-order chi connectivity index (χ0) is 16.5. The number of cyclic esters (lactones) is 1. The van der Waals surface area contributed by atoms with Gasteiger partial charge in [0.2, 0.25) is 0 Å². The van der Waals surface area contributed by atoms with Gasteiger partial charge in [0.05, 0.1) is 12.5 Å². The molecule has 126 valence electrons. The molecule has 1 saturated heterocycles. The van der Waals surface area contributed by atoms with Gasteiger partial charge < -0.3 is 9.47 Å². The fourth-order valence-corrected chi connectivity index (χ4v) is 2.80. The highest BCUT2D eigenvalue weighted by Gasteiger charge is 2.38. The van der Waals surface area contributed by atoms with Gasteiger partial charge in [-0.2, -0.15) is 0 Å². The van der Waals surface area contributed by atoms with Gasteiger partial charge >= 0.3 is 11.9 Å². The van der Waals surface area contributed by atoms with E-state index in [1.54, 1.807) is 0 Å². The smallest absolute Gasteiger partial charge is 0.312 e. The Balaban J connectivity index is 1.43. The standard InChI is InChI=1S/C19H26O4/c1-15-17(19(21)23-15)12-8-13-18(20)22-14-7-3-6-11-16-9-4-2-5-10-16/h2,4-5,9-10,15,17H,3,6-8,11-14H2,1H3/t15-,17+/m0/s1. The predicted molar refractivity (Wildman–Crippen MR) is 87.9 cm³/mol. The second-order valence-corrected chi connectivity index (χ2v) is 6.16. The number of unbranched alkanes of at least 4 members (excludes halogenated alkanes) is 2. The highest BCUT2D eigenvalue weighted by Crippen LogP contribution is 2.26. The van der Waals surface area contributed by atoms with Crippen molar-refractivity contribution in [3.05, 3.63) is 35.9 Å². The van der Waals surface area contributed by atoms with Crippen molar-refractivity contribution in [2.75, 3.05) is 6.61 Å². The minimum absolute atomic E-state index is 0.00290. The van der Waals surface area contributed by atoms with Gasteiger partial charge in [-0.15, -0.1) is 0 Å². The van der Waals surface area contributed by atoms with Crippen LogP contribution >= 0.6 is 0 Å². The van der Waals surface area contributed by atoms with Crippen molar-refractivity contribution in [1.82, 2.24) is 0 Å². The summed E-state index contributed by atoms with van der Waals surface area (Å²) >= 11 is 0. The molecule has 0 radical (unpaired) electrons. The summed E-state index contributed by atoms with van der Waals surface area (Å²) < 4.78 is 10.1. The maximum absolute atomic E-state index is 11.6. The van der Waals surface area contributed by atoms with E-state index in [0.717, 1.165) is 25.7 Å². The Morgan fingerprint density at radius 1 is 1.13 bits per heavy atom. The number of aryl methyl sites for hydroxylation is 1. The Morgan fingerprint density at radius 2 is 1.91 bits per heavy atom. The summed E-state index contributed by atoms with van der Waals surface area (Å²) in [5, 5.41) is 0. The average molecular weight is 318 g/mol. The molecule has 0 aromatic heterocycles. The lowest BCUT2D eigenvalue weighted by molar-refractivity contribution is -0.182. The third kappa shape index (κ3) is 6.05. The number of carbonyl (C=O) groups excluding carboxylic acids is 2. The molecule has 1 aliphatic heterocycles. The van der Waals surface area contributed by atoms with Crippen LogP contribution in [0.3, 0.4) is 0 Å². The molecule has 2 atom stereocenters. The highest BCUT2D eigenvalue weighted by atomic mass is 16.6. The van der Waals surface area contributed by atoms with E-state index in [1.807, 2.05) is 13.0 Å². The first kappa shape index (κ1) is 17.5. The third-order valence-corrected chi connectivity index (χ3v) is 4.28. The first-order valence-corrected chi connectivity index (χ1v) is 8.57. The van der Waals surface area contributed by atoms with Gasteiger partial charge in [0, 0.05) is 6.42 Å². The quantitative estimate of drug-likeness (QED) is 0.488. The largest absolute Gasteiger partial charge is 0.466 e. The fraction of sp³-hybridized carbons (Fsp3) is 0.579. The number of ether oxygens (including phenoxy) is 2. The first-order chi connectivity index (χ1) is 11.2. The number of hydrogen-bond donors (Lipinski definition) is 0. The number of hydrogen-bond acceptors (Lipinski definition) is 4. The van der Waals surface area contributed by atoms with Crippen LogP contribution in [0.2, 0.25) is 0 Å². The van der Waals surface area contributed by atoms with Crippen LogP contribution in [0.5, 0.6) is 0 Å². The van der Waals surface area contributed by atoms with Crippen LogP contribution in [-0.2, 0) is 25.5 Å². The number of esters is 2. The Kier molecular flexibility index (Phi) is 7.11. The monoisotopic (exact) mass is 318 g/mol. The van der Waals surface area contributed by atoms with E-state index in [0.29, 0.717) is 25.9 Å². The van der Waals surface area contributed by atoms with Crippen LogP contribution in [0, 0.1) is 5.92 Å². The van der Waals surface area contributed by atoms with E-state index in [1.165, 1.54) is 5.56 Å². The molecule has 0 aliphatic carbocycles. The highest BCUT2D eigenvalue weighted by molar-refractivity contribution is 5.78. The third-order valence-electron chi connectivity index (χ3n) is 4.28. The van der Waals surface area contributed by atoms with Crippen LogP contribution in [0.4, 0.5) is 0 Å². The summed E-state index contributed by atoms with van der Waals surface area (Å²) in [4.78, 5) is 22.8. The SMILES string of the molecule is C[C@@H]1OC(=O)[C@@H]1CCCC(=O)OCCCCCc1ccccc1. The minimum Gasteiger partial charge on any atom is -0.466 e. The van der Waals surface area contributed by atoms with Gasteiger partial charge in [-0.1, -0.05) is 30.3 Å². The van der Waals surface area contributed by atoms with Crippen LogP contribution < -0.4 is 0 Å². The van der Waals surface area contributed by atoms with Gasteiger partial charge in [-0.05, 0) is 51.0 Å². The van der Waals surface area contributed by atoms with E-state index >= 15 is 0 Å².